The van der Waals surface area contributed by atoms with E-state index in [9.17, 15) is 18.0 Å². The van der Waals surface area contributed by atoms with Gasteiger partial charge in [0.1, 0.15) is 0 Å². The first-order valence-corrected chi connectivity index (χ1v) is 6.66. The van der Waals surface area contributed by atoms with E-state index in [-0.39, 0.29) is 37.2 Å². The Morgan fingerprint density at radius 3 is 2.57 bits per heavy atom. The van der Waals surface area contributed by atoms with Crippen LogP contribution in [-0.4, -0.2) is 30.8 Å². The molecule has 1 aromatic carbocycles. The van der Waals surface area contributed by atoms with Crippen LogP contribution in [0.5, 0.6) is 11.5 Å². The van der Waals surface area contributed by atoms with Crippen LogP contribution in [0.4, 0.5) is 13.2 Å². The number of amides is 1. The highest BCUT2D eigenvalue weighted by Gasteiger charge is 2.33. The van der Waals surface area contributed by atoms with Gasteiger partial charge < -0.3 is 14.4 Å². The van der Waals surface area contributed by atoms with Crippen LogP contribution in [0.25, 0.3) is 0 Å². The maximum absolute atomic E-state index is 12.5. The Kier molecular flexibility index (Phi) is 8.53. The van der Waals surface area contributed by atoms with Crippen molar-refractivity contribution in [1.29, 1.82) is 0 Å². The number of para-hydroxylation sites is 1. The van der Waals surface area contributed by atoms with E-state index in [0.717, 1.165) is 6.08 Å². The van der Waals surface area contributed by atoms with Crippen LogP contribution in [0.2, 0.25) is 0 Å². The molecule has 0 saturated carbocycles. The third-order valence-electron chi connectivity index (χ3n) is 2.70. The largest absolute Gasteiger partial charge is 0.573 e. The van der Waals surface area contributed by atoms with Gasteiger partial charge in [0.05, 0.1) is 6.61 Å². The lowest BCUT2D eigenvalue weighted by molar-refractivity contribution is -0.275. The molecule has 0 aliphatic carbocycles. The molecule has 0 unspecified atom stereocenters. The average molecular weight is 354 g/mol. The summed E-state index contributed by atoms with van der Waals surface area (Å²) in [5, 5.41) is 0. The van der Waals surface area contributed by atoms with Gasteiger partial charge in [0.2, 0.25) is 5.91 Å². The quantitative estimate of drug-likeness (QED) is 0.697. The number of nitrogens with zero attached hydrogens (tertiary/aromatic N) is 1. The van der Waals surface area contributed by atoms with E-state index in [4.69, 9.17) is 4.74 Å². The third kappa shape index (κ3) is 6.81. The molecule has 0 heterocycles. The minimum atomic E-state index is -4.81. The molecule has 0 aliphatic heterocycles. The number of hydrogen-bond donors (Lipinski definition) is 0. The van der Waals surface area contributed by atoms with Crippen LogP contribution in [-0.2, 0) is 11.3 Å². The van der Waals surface area contributed by atoms with Gasteiger partial charge in [-0.3, -0.25) is 4.79 Å². The van der Waals surface area contributed by atoms with E-state index < -0.39 is 12.1 Å². The molecule has 1 amide bonds. The predicted octanol–water partition coefficient (Wildman–Crippen LogP) is 3.94. The summed E-state index contributed by atoms with van der Waals surface area (Å²) in [6.07, 6.45) is -3.06. The molecule has 0 N–H and O–H groups in total. The van der Waals surface area contributed by atoms with E-state index in [1.807, 2.05) is 6.92 Å². The van der Waals surface area contributed by atoms with Crippen molar-refractivity contribution >= 4 is 18.3 Å². The fourth-order valence-electron chi connectivity index (χ4n) is 1.75. The molecule has 1 aromatic rings. The maximum Gasteiger partial charge on any atom is 0.573 e. The number of carbonyl (C=O) groups excluding carboxylic acids is 1. The molecule has 23 heavy (non-hydrogen) atoms. The highest BCUT2D eigenvalue weighted by Crippen LogP contribution is 2.35. The van der Waals surface area contributed by atoms with Gasteiger partial charge in [0, 0.05) is 19.2 Å². The van der Waals surface area contributed by atoms with Gasteiger partial charge >= 0.3 is 6.36 Å². The smallest absolute Gasteiger partial charge is 0.489 e. The van der Waals surface area contributed by atoms with Gasteiger partial charge in [-0.05, 0) is 18.6 Å². The number of halogens is 4. The Labute approximate surface area is 139 Å². The summed E-state index contributed by atoms with van der Waals surface area (Å²) >= 11 is 0. The summed E-state index contributed by atoms with van der Waals surface area (Å²) < 4.78 is 46.8. The first-order chi connectivity index (χ1) is 10.3. The molecule has 0 aliphatic rings. The van der Waals surface area contributed by atoms with Crippen molar-refractivity contribution in [1.82, 2.24) is 4.90 Å². The highest BCUT2D eigenvalue weighted by molar-refractivity contribution is 5.86. The van der Waals surface area contributed by atoms with Crippen molar-refractivity contribution in [3.05, 3.63) is 36.4 Å². The topological polar surface area (TPSA) is 38.8 Å². The molecule has 4 nitrogen and oxygen atoms in total. The molecule has 130 valence electrons. The monoisotopic (exact) mass is 353 g/mol. The van der Waals surface area contributed by atoms with Crippen LogP contribution in [0.15, 0.2) is 30.9 Å². The van der Waals surface area contributed by atoms with Crippen LogP contribution in [0.1, 0.15) is 18.9 Å². The van der Waals surface area contributed by atoms with Crippen molar-refractivity contribution in [3.8, 4) is 11.5 Å². The normalized spacial score (nSPS) is 10.5. The van der Waals surface area contributed by atoms with Gasteiger partial charge in [-0.2, -0.15) is 0 Å². The molecule has 1 rings (SSSR count). The Morgan fingerprint density at radius 1 is 1.39 bits per heavy atom. The second-order valence-electron chi connectivity index (χ2n) is 4.54. The lowest BCUT2D eigenvalue weighted by Gasteiger charge is -2.20. The van der Waals surface area contributed by atoms with Gasteiger partial charge in [-0.1, -0.05) is 25.6 Å². The van der Waals surface area contributed by atoms with Crippen LogP contribution >= 0.6 is 12.4 Å². The average Bonchev–Trinajstić information content (AvgIpc) is 2.44. The van der Waals surface area contributed by atoms with Crippen LogP contribution < -0.4 is 9.47 Å². The fourth-order valence-corrected chi connectivity index (χ4v) is 1.75. The Morgan fingerprint density at radius 2 is 2.04 bits per heavy atom. The number of ether oxygens (including phenoxy) is 2. The Balaban J connectivity index is 0.00000484. The fraction of sp³-hybridized carbons (Fsp3) is 0.400. The predicted molar refractivity (Wildman–Crippen MR) is 82.8 cm³/mol. The van der Waals surface area contributed by atoms with Gasteiger partial charge in [0.15, 0.2) is 11.5 Å². The van der Waals surface area contributed by atoms with Crippen molar-refractivity contribution in [2.45, 2.75) is 26.3 Å². The molecule has 0 saturated heterocycles. The zero-order valence-corrected chi connectivity index (χ0v) is 13.7. The van der Waals surface area contributed by atoms with E-state index >= 15 is 0 Å². The Hall–Kier alpha value is -1.89. The maximum atomic E-state index is 12.5. The standard InChI is InChI=1S/C15H18F3NO3.ClH/c1-4-9-21-14-11(10-19(3)13(20)5-2)7-6-8-12(14)22-15(16,17)18;/h5-8H,2,4,9-10H2,1,3H3;1H. The van der Waals surface area contributed by atoms with Gasteiger partial charge in [-0.15, -0.1) is 25.6 Å². The van der Waals surface area contributed by atoms with E-state index in [2.05, 4.69) is 11.3 Å². The lowest BCUT2D eigenvalue weighted by Crippen LogP contribution is -2.24. The number of hydrogen-bond acceptors (Lipinski definition) is 3. The van der Waals surface area contributed by atoms with Crippen molar-refractivity contribution in [3.63, 3.8) is 0 Å². The molecule has 0 bridgehead atoms. The summed E-state index contributed by atoms with van der Waals surface area (Å²) in [5.74, 6) is -0.771. The zero-order chi connectivity index (χ0) is 16.8. The molecule has 0 fully saturated rings. The highest BCUT2D eigenvalue weighted by atomic mass is 35.5. The Bertz CT molecular complexity index is 535. The van der Waals surface area contributed by atoms with Crippen LogP contribution in [0, 0.1) is 0 Å². The molecular weight excluding hydrogens is 335 g/mol. The van der Waals surface area contributed by atoms with Crippen molar-refractivity contribution < 1.29 is 27.4 Å². The molecule has 0 spiro atoms. The first-order valence-electron chi connectivity index (χ1n) is 6.66. The van der Waals surface area contributed by atoms with Crippen molar-refractivity contribution in [2.24, 2.45) is 0 Å². The number of alkyl halides is 3. The molecule has 0 aromatic heterocycles. The molecule has 8 heteroatoms. The van der Waals surface area contributed by atoms with E-state index in [0.29, 0.717) is 12.0 Å². The van der Waals surface area contributed by atoms with Crippen LogP contribution in [0.3, 0.4) is 0 Å². The zero-order valence-electron chi connectivity index (χ0n) is 12.9. The summed E-state index contributed by atoms with van der Waals surface area (Å²) in [6, 6.07) is 4.18. The minimum Gasteiger partial charge on any atom is -0.489 e. The molecular formula is C15H19ClF3NO3. The van der Waals surface area contributed by atoms with E-state index in [1.54, 1.807) is 6.07 Å². The SMILES string of the molecule is C=CC(=O)N(C)Cc1cccc(OC(F)(F)F)c1OCCC.Cl. The number of carbonyl (C=O) groups is 1. The van der Waals surface area contributed by atoms with Gasteiger partial charge in [0.25, 0.3) is 0 Å². The number of benzene rings is 1. The first kappa shape index (κ1) is 21.1. The minimum absolute atomic E-state index is 0. The summed E-state index contributed by atoms with van der Waals surface area (Å²) in [7, 11) is 1.52. The second-order valence-corrected chi connectivity index (χ2v) is 4.54. The molecule has 0 atom stereocenters. The number of rotatable bonds is 7. The third-order valence-corrected chi connectivity index (χ3v) is 2.70. The molecule has 0 radical (unpaired) electrons. The van der Waals surface area contributed by atoms with E-state index in [1.165, 1.54) is 24.1 Å². The summed E-state index contributed by atoms with van der Waals surface area (Å²) in [6.45, 7) is 5.52. The van der Waals surface area contributed by atoms with Crippen molar-refractivity contribution in [2.75, 3.05) is 13.7 Å². The summed E-state index contributed by atoms with van der Waals surface area (Å²) in [5.41, 5.74) is 0.424. The second kappa shape index (κ2) is 9.29. The van der Waals surface area contributed by atoms with Gasteiger partial charge in [-0.25, -0.2) is 0 Å². The summed E-state index contributed by atoms with van der Waals surface area (Å²) in [4.78, 5) is 12.8. The number of likely N-dealkylation sites (N-methyl/N-ethyl adjacent to an activating group) is 1. The lowest BCUT2D eigenvalue weighted by atomic mass is 10.1.